The van der Waals surface area contributed by atoms with Gasteiger partial charge in [0.25, 0.3) is 5.91 Å². The molecule has 2 N–H and O–H groups in total. The van der Waals surface area contributed by atoms with Gasteiger partial charge in [-0.1, -0.05) is 19.9 Å². The van der Waals surface area contributed by atoms with Gasteiger partial charge in [-0.05, 0) is 54.3 Å². The van der Waals surface area contributed by atoms with Crippen LogP contribution in [-0.4, -0.2) is 31.4 Å². The minimum Gasteiger partial charge on any atom is -0.468 e. The molecule has 1 aromatic heterocycles. The van der Waals surface area contributed by atoms with Gasteiger partial charge in [-0.2, -0.15) is 0 Å². The summed E-state index contributed by atoms with van der Waals surface area (Å²) in [6.07, 6.45) is 1.76. The predicted molar refractivity (Wildman–Crippen MR) is 118 cm³/mol. The van der Waals surface area contributed by atoms with E-state index in [2.05, 4.69) is 42.2 Å². The molecule has 31 heavy (non-hydrogen) atoms. The van der Waals surface area contributed by atoms with Crippen molar-refractivity contribution in [3.8, 4) is 0 Å². The second-order valence-electron chi connectivity index (χ2n) is 7.69. The lowest BCUT2D eigenvalue weighted by Gasteiger charge is -2.10. The number of methoxy groups -OCH3 is 1. The molecule has 3 aromatic rings. The second-order valence-corrected chi connectivity index (χ2v) is 7.69. The molecule has 0 spiro atoms. The number of esters is 1. The minimum absolute atomic E-state index is 0.145. The van der Waals surface area contributed by atoms with Crippen LogP contribution in [0.2, 0.25) is 0 Å². The van der Waals surface area contributed by atoms with E-state index in [-0.39, 0.29) is 18.9 Å². The smallest absolute Gasteiger partial charge is 0.325 e. The molecule has 0 aliphatic rings. The number of amides is 2. The second kappa shape index (κ2) is 9.47. The fraction of sp³-hybridized carbons (Fsp3) is 0.292. The van der Waals surface area contributed by atoms with E-state index in [0.29, 0.717) is 17.2 Å². The molecule has 2 amide bonds. The molecule has 162 valence electrons. The fourth-order valence-corrected chi connectivity index (χ4v) is 3.45. The molecule has 0 saturated carbocycles. The van der Waals surface area contributed by atoms with E-state index in [4.69, 9.17) is 4.42 Å². The Morgan fingerprint density at radius 2 is 1.90 bits per heavy atom. The maximum Gasteiger partial charge on any atom is 0.325 e. The van der Waals surface area contributed by atoms with Gasteiger partial charge in [0.05, 0.1) is 19.8 Å². The number of benzene rings is 2. The van der Waals surface area contributed by atoms with Gasteiger partial charge < -0.3 is 19.8 Å². The van der Waals surface area contributed by atoms with Crippen molar-refractivity contribution in [2.75, 3.05) is 19.0 Å². The molecule has 0 saturated heterocycles. The number of aryl methyl sites for hydroxylation is 1. The van der Waals surface area contributed by atoms with Crippen molar-refractivity contribution in [3.63, 3.8) is 0 Å². The summed E-state index contributed by atoms with van der Waals surface area (Å²) >= 11 is 0. The van der Waals surface area contributed by atoms with Crippen LogP contribution in [0, 0.1) is 6.92 Å². The number of ether oxygens (including phenoxy) is 1. The Labute approximate surface area is 180 Å². The third kappa shape index (κ3) is 5.31. The maximum absolute atomic E-state index is 12.6. The zero-order valence-corrected chi connectivity index (χ0v) is 18.1. The first-order valence-electron chi connectivity index (χ1n) is 10.0. The van der Waals surface area contributed by atoms with Crippen molar-refractivity contribution < 1.29 is 23.5 Å². The van der Waals surface area contributed by atoms with Crippen molar-refractivity contribution in [2.24, 2.45) is 0 Å². The molecule has 0 aliphatic heterocycles. The van der Waals surface area contributed by atoms with Crippen molar-refractivity contribution in [3.05, 3.63) is 64.9 Å². The average Bonchev–Trinajstić information content (AvgIpc) is 3.12. The van der Waals surface area contributed by atoms with Crippen LogP contribution in [0.5, 0.6) is 0 Å². The highest BCUT2D eigenvalue weighted by atomic mass is 16.5. The molecule has 0 atom stereocenters. The SMILES string of the molecule is COC(=O)CNC(=O)c1cccc(NC(=O)Cc2coc3cc(C)c(C(C)C)cc23)c1. The van der Waals surface area contributed by atoms with Crippen molar-refractivity contribution >= 4 is 34.4 Å². The Balaban J connectivity index is 1.71. The van der Waals surface area contributed by atoms with Crippen molar-refractivity contribution in [2.45, 2.75) is 33.1 Å². The van der Waals surface area contributed by atoms with Crippen LogP contribution in [-0.2, 0) is 20.7 Å². The van der Waals surface area contributed by atoms with Crippen LogP contribution >= 0.6 is 0 Å². The van der Waals surface area contributed by atoms with Crippen LogP contribution in [0.15, 0.2) is 47.1 Å². The summed E-state index contributed by atoms with van der Waals surface area (Å²) in [5.41, 5.74) is 4.77. The molecule has 1 heterocycles. The molecule has 0 bridgehead atoms. The molecule has 0 unspecified atom stereocenters. The first-order valence-corrected chi connectivity index (χ1v) is 10.0. The number of anilines is 1. The Kier molecular flexibility index (Phi) is 6.74. The van der Waals surface area contributed by atoms with Gasteiger partial charge in [0.1, 0.15) is 12.1 Å². The Hall–Kier alpha value is -3.61. The van der Waals surface area contributed by atoms with Crippen LogP contribution < -0.4 is 10.6 Å². The largest absolute Gasteiger partial charge is 0.468 e. The summed E-state index contributed by atoms with van der Waals surface area (Å²) in [6.45, 7) is 6.10. The molecule has 7 nitrogen and oxygen atoms in total. The van der Waals surface area contributed by atoms with Gasteiger partial charge in [0, 0.05) is 22.2 Å². The number of hydrogen-bond acceptors (Lipinski definition) is 5. The summed E-state index contributed by atoms with van der Waals surface area (Å²) in [6, 6.07) is 10.6. The molecular weight excluding hydrogens is 396 g/mol. The van der Waals surface area contributed by atoms with Crippen LogP contribution in [0.4, 0.5) is 5.69 Å². The van der Waals surface area contributed by atoms with Gasteiger partial charge in [0.15, 0.2) is 0 Å². The Morgan fingerprint density at radius 1 is 1.13 bits per heavy atom. The highest BCUT2D eigenvalue weighted by Gasteiger charge is 2.15. The summed E-state index contributed by atoms with van der Waals surface area (Å²) in [4.78, 5) is 36.0. The Morgan fingerprint density at radius 3 is 2.61 bits per heavy atom. The van der Waals surface area contributed by atoms with E-state index in [0.717, 1.165) is 22.1 Å². The van der Waals surface area contributed by atoms with Crippen LogP contribution in [0.3, 0.4) is 0 Å². The number of nitrogens with one attached hydrogen (secondary N) is 2. The highest BCUT2D eigenvalue weighted by Crippen LogP contribution is 2.29. The standard InChI is InChI=1S/C24H26N2O5/c1-14(2)19-11-20-17(13-31-21(20)8-15(19)3)10-22(27)26-18-7-5-6-16(9-18)24(29)25-12-23(28)30-4/h5-9,11,13-14H,10,12H2,1-4H3,(H,25,29)(H,26,27). The minimum atomic E-state index is -0.541. The lowest BCUT2D eigenvalue weighted by Crippen LogP contribution is -2.30. The molecule has 3 rings (SSSR count). The molecule has 2 aromatic carbocycles. The molecule has 0 fully saturated rings. The first-order chi connectivity index (χ1) is 14.8. The molecule has 0 aliphatic carbocycles. The number of carbonyl (C=O) groups is 3. The van der Waals surface area contributed by atoms with Gasteiger partial charge in [-0.25, -0.2) is 0 Å². The van der Waals surface area contributed by atoms with E-state index in [1.807, 2.05) is 6.07 Å². The van der Waals surface area contributed by atoms with Crippen molar-refractivity contribution in [1.29, 1.82) is 0 Å². The fourth-order valence-electron chi connectivity index (χ4n) is 3.45. The third-order valence-electron chi connectivity index (χ3n) is 5.04. The monoisotopic (exact) mass is 422 g/mol. The lowest BCUT2D eigenvalue weighted by molar-refractivity contribution is -0.139. The number of furan rings is 1. The van der Waals surface area contributed by atoms with E-state index in [9.17, 15) is 14.4 Å². The number of hydrogen-bond donors (Lipinski definition) is 2. The van der Waals surface area contributed by atoms with Crippen LogP contribution in [0.25, 0.3) is 11.0 Å². The summed E-state index contributed by atoms with van der Waals surface area (Å²) in [7, 11) is 1.25. The van der Waals surface area contributed by atoms with Gasteiger partial charge >= 0.3 is 5.97 Å². The van der Waals surface area contributed by atoms with E-state index < -0.39 is 11.9 Å². The number of rotatable bonds is 7. The van der Waals surface area contributed by atoms with Gasteiger partial charge in [0.2, 0.25) is 5.91 Å². The van der Waals surface area contributed by atoms with Crippen molar-refractivity contribution in [1.82, 2.24) is 5.32 Å². The summed E-state index contributed by atoms with van der Waals surface area (Å²) < 4.78 is 10.2. The van der Waals surface area contributed by atoms with E-state index in [1.165, 1.54) is 12.7 Å². The maximum atomic E-state index is 12.6. The lowest BCUT2D eigenvalue weighted by atomic mass is 9.95. The quantitative estimate of drug-likeness (QED) is 0.562. The normalized spacial score (nSPS) is 10.9. The first kappa shape index (κ1) is 22.1. The average molecular weight is 422 g/mol. The van der Waals surface area contributed by atoms with Gasteiger partial charge in [-0.15, -0.1) is 0 Å². The topological polar surface area (TPSA) is 97.6 Å². The Bertz CT molecular complexity index is 1130. The number of fused-ring (bicyclic) bond motifs is 1. The third-order valence-corrected chi connectivity index (χ3v) is 5.04. The number of carbonyl (C=O) groups excluding carboxylic acids is 3. The molecular formula is C24H26N2O5. The molecule has 7 heteroatoms. The summed E-state index contributed by atoms with van der Waals surface area (Å²) in [5, 5.41) is 6.21. The highest BCUT2D eigenvalue weighted by molar-refractivity contribution is 5.99. The zero-order chi connectivity index (χ0) is 22.5. The zero-order valence-electron chi connectivity index (χ0n) is 18.1. The van der Waals surface area contributed by atoms with E-state index in [1.54, 1.807) is 30.5 Å². The predicted octanol–water partition coefficient (Wildman–Crippen LogP) is 3.95. The molecule has 0 radical (unpaired) electrons. The van der Waals surface area contributed by atoms with E-state index >= 15 is 0 Å². The summed E-state index contributed by atoms with van der Waals surface area (Å²) in [5.74, 6) is -0.824. The van der Waals surface area contributed by atoms with Gasteiger partial charge in [-0.3, -0.25) is 14.4 Å². The van der Waals surface area contributed by atoms with Crippen LogP contribution in [0.1, 0.15) is 46.8 Å².